The molecule has 9 heteroatoms. The highest BCUT2D eigenvalue weighted by Gasteiger charge is 2.35. The van der Waals surface area contributed by atoms with E-state index in [0.29, 0.717) is 0 Å². The monoisotopic (exact) mass is 407 g/mol. The van der Waals surface area contributed by atoms with Crippen LogP contribution in [0.2, 0.25) is 0 Å². The lowest BCUT2D eigenvalue weighted by atomic mass is 9.84. The molecule has 156 valence electrons. The number of rotatable bonds is 4. The average molecular weight is 407 g/mol. The highest BCUT2D eigenvalue weighted by molar-refractivity contribution is 5.48. The minimum atomic E-state index is -4.64. The van der Waals surface area contributed by atoms with E-state index < -0.39 is 23.5 Å². The molecule has 6 nitrogen and oxygen atoms in total. The van der Waals surface area contributed by atoms with Crippen molar-refractivity contribution >= 4 is 11.6 Å². The van der Waals surface area contributed by atoms with Crippen LogP contribution in [-0.2, 0) is 11.6 Å². The molecule has 0 aliphatic heterocycles. The van der Waals surface area contributed by atoms with Gasteiger partial charge < -0.3 is 10.4 Å². The molecule has 3 rings (SSSR count). The van der Waals surface area contributed by atoms with Crippen molar-refractivity contribution in [3.63, 3.8) is 0 Å². The molecule has 2 heterocycles. The molecular formula is C20H24F3N5O. The summed E-state index contributed by atoms with van der Waals surface area (Å²) in [7, 11) is 0. The van der Waals surface area contributed by atoms with Crippen molar-refractivity contribution in [1.29, 1.82) is 0 Å². The SMILES string of the molecule is CC(C)(C)c1ccc(C(Nc2cc(C(F)(F)F)nc3ncnn23)C(C)(C)O)cc1. The van der Waals surface area contributed by atoms with Crippen molar-refractivity contribution in [2.45, 2.75) is 57.9 Å². The molecule has 29 heavy (non-hydrogen) atoms. The third-order valence-electron chi connectivity index (χ3n) is 4.65. The molecule has 0 amide bonds. The van der Waals surface area contributed by atoms with Crippen LogP contribution in [0.25, 0.3) is 5.78 Å². The number of benzene rings is 1. The minimum Gasteiger partial charge on any atom is -0.388 e. The van der Waals surface area contributed by atoms with Gasteiger partial charge in [0.1, 0.15) is 12.1 Å². The first-order valence-electron chi connectivity index (χ1n) is 9.14. The predicted molar refractivity (Wildman–Crippen MR) is 104 cm³/mol. The fourth-order valence-corrected chi connectivity index (χ4v) is 3.05. The van der Waals surface area contributed by atoms with E-state index in [2.05, 4.69) is 41.2 Å². The number of fused-ring (bicyclic) bond motifs is 1. The zero-order valence-corrected chi connectivity index (χ0v) is 16.9. The lowest BCUT2D eigenvalue weighted by Crippen LogP contribution is -2.35. The number of nitrogens with one attached hydrogen (secondary N) is 1. The van der Waals surface area contributed by atoms with Gasteiger partial charge >= 0.3 is 6.18 Å². The van der Waals surface area contributed by atoms with E-state index in [1.54, 1.807) is 13.8 Å². The summed E-state index contributed by atoms with van der Waals surface area (Å²) in [5.41, 5.74) is -0.576. The molecule has 0 radical (unpaired) electrons. The number of halogens is 3. The van der Waals surface area contributed by atoms with Gasteiger partial charge in [0, 0.05) is 6.07 Å². The second-order valence-electron chi connectivity index (χ2n) is 8.60. The normalized spacial score (nSPS) is 14.2. The van der Waals surface area contributed by atoms with E-state index in [-0.39, 0.29) is 17.0 Å². The molecule has 0 spiro atoms. The van der Waals surface area contributed by atoms with Gasteiger partial charge in [0.2, 0.25) is 0 Å². The summed E-state index contributed by atoms with van der Waals surface area (Å²) in [4.78, 5) is 7.28. The van der Waals surface area contributed by atoms with Crippen LogP contribution in [0.4, 0.5) is 19.0 Å². The largest absolute Gasteiger partial charge is 0.433 e. The van der Waals surface area contributed by atoms with Gasteiger partial charge in [0.25, 0.3) is 5.78 Å². The quantitative estimate of drug-likeness (QED) is 0.672. The first-order valence-corrected chi connectivity index (χ1v) is 9.14. The second kappa shape index (κ2) is 6.98. The third-order valence-corrected chi connectivity index (χ3v) is 4.65. The van der Waals surface area contributed by atoms with Crippen LogP contribution in [-0.4, -0.2) is 30.3 Å². The molecule has 0 aliphatic rings. The molecule has 3 aromatic rings. The van der Waals surface area contributed by atoms with E-state index in [1.165, 1.54) is 4.52 Å². The van der Waals surface area contributed by atoms with Crippen molar-refractivity contribution in [2.24, 2.45) is 0 Å². The predicted octanol–water partition coefficient (Wildman–Crippen LogP) is 4.36. The van der Waals surface area contributed by atoms with Crippen LogP contribution in [0, 0.1) is 0 Å². The molecule has 1 aromatic carbocycles. The van der Waals surface area contributed by atoms with Crippen LogP contribution in [0.5, 0.6) is 0 Å². The van der Waals surface area contributed by atoms with Crippen molar-refractivity contribution in [3.8, 4) is 0 Å². The Balaban J connectivity index is 2.06. The smallest absolute Gasteiger partial charge is 0.388 e. The molecule has 1 atom stereocenters. The van der Waals surface area contributed by atoms with Gasteiger partial charge in [-0.1, -0.05) is 45.0 Å². The number of hydrogen-bond donors (Lipinski definition) is 2. The fourth-order valence-electron chi connectivity index (χ4n) is 3.05. The molecule has 0 fully saturated rings. The Morgan fingerprint density at radius 3 is 2.17 bits per heavy atom. The van der Waals surface area contributed by atoms with Gasteiger partial charge in [-0.15, -0.1) is 0 Å². The Morgan fingerprint density at radius 2 is 1.66 bits per heavy atom. The lowest BCUT2D eigenvalue weighted by Gasteiger charge is -2.32. The van der Waals surface area contributed by atoms with Gasteiger partial charge in [-0.2, -0.15) is 27.8 Å². The molecule has 0 saturated heterocycles. The van der Waals surface area contributed by atoms with Crippen molar-refractivity contribution in [2.75, 3.05) is 5.32 Å². The molecule has 1 unspecified atom stereocenters. The van der Waals surface area contributed by atoms with Gasteiger partial charge in [0.15, 0.2) is 5.69 Å². The average Bonchev–Trinajstić information content (AvgIpc) is 3.05. The topological polar surface area (TPSA) is 75.3 Å². The number of aromatic nitrogens is 4. The fraction of sp³-hybridized carbons (Fsp3) is 0.450. The van der Waals surface area contributed by atoms with Crippen LogP contribution in [0.15, 0.2) is 36.7 Å². The van der Waals surface area contributed by atoms with Gasteiger partial charge in [-0.3, -0.25) is 0 Å². The zero-order valence-electron chi connectivity index (χ0n) is 16.9. The first kappa shape index (κ1) is 21.0. The molecule has 0 saturated carbocycles. The number of alkyl halides is 3. The van der Waals surface area contributed by atoms with Gasteiger partial charge in [0.05, 0.1) is 11.6 Å². The Bertz CT molecular complexity index is 998. The Hall–Kier alpha value is -2.68. The lowest BCUT2D eigenvalue weighted by molar-refractivity contribution is -0.141. The van der Waals surface area contributed by atoms with E-state index >= 15 is 0 Å². The Morgan fingerprint density at radius 1 is 1.03 bits per heavy atom. The van der Waals surface area contributed by atoms with Crippen LogP contribution in [0.3, 0.4) is 0 Å². The highest BCUT2D eigenvalue weighted by Crippen LogP contribution is 2.34. The summed E-state index contributed by atoms with van der Waals surface area (Å²) >= 11 is 0. The maximum atomic E-state index is 13.3. The van der Waals surface area contributed by atoms with Crippen molar-refractivity contribution in [1.82, 2.24) is 19.6 Å². The number of anilines is 1. The summed E-state index contributed by atoms with van der Waals surface area (Å²) in [5.74, 6) is -0.147. The maximum Gasteiger partial charge on any atom is 0.433 e. The standard InChI is InChI=1S/C20H24F3N5O/c1-18(2,3)13-8-6-12(7-9-13)16(19(4,5)29)27-15-10-14(20(21,22)23)26-17-24-11-25-28(15)17/h6-11,16,27,29H,1-5H3. The van der Waals surface area contributed by atoms with Gasteiger partial charge in [-0.25, -0.2) is 4.98 Å². The maximum absolute atomic E-state index is 13.3. The number of aliphatic hydroxyl groups is 1. The van der Waals surface area contributed by atoms with Crippen LogP contribution < -0.4 is 5.32 Å². The summed E-state index contributed by atoms with van der Waals surface area (Å²) < 4.78 is 40.9. The minimum absolute atomic E-state index is 0.0341. The highest BCUT2D eigenvalue weighted by atomic mass is 19.4. The van der Waals surface area contributed by atoms with Crippen molar-refractivity contribution < 1.29 is 18.3 Å². The van der Waals surface area contributed by atoms with Crippen LogP contribution >= 0.6 is 0 Å². The molecule has 2 aromatic heterocycles. The molecule has 0 bridgehead atoms. The second-order valence-corrected chi connectivity index (χ2v) is 8.60. The molecular weight excluding hydrogens is 383 g/mol. The van der Waals surface area contributed by atoms with Gasteiger partial charge in [-0.05, 0) is 30.4 Å². The summed E-state index contributed by atoms with van der Waals surface area (Å²) in [6, 6.07) is 7.79. The van der Waals surface area contributed by atoms with E-state index in [4.69, 9.17) is 0 Å². The van der Waals surface area contributed by atoms with Crippen molar-refractivity contribution in [3.05, 3.63) is 53.5 Å². The first-order chi connectivity index (χ1) is 13.3. The molecule has 0 aliphatic carbocycles. The molecule has 2 N–H and O–H groups in total. The number of nitrogens with zero attached hydrogens (tertiary/aromatic N) is 4. The summed E-state index contributed by atoms with van der Waals surface area (Å²) in [6.07, 6.45) is -3.51. The Labute approximate surface area is 166 Å². The third kappa shape index (κ3) is 4.50. The summed E-state index contributed by atoms with van der Waals surface area (Å²) in [5, 5.41) is 17.7. The van der Waals surface area contributed by atoms with E-state index in [0.717, 1.165) is 23.5 Å². The van der Waals surface area contributed by atoms with E-state index in [1.807, 2.05) is 24.3 Å². The number of hydrogen-bond acceptors (Lipinski definition) is 5. The van der Waals surface area contributed by atoms with E-state index in [9.17, 15) is 18.3 Å². The van der Waals surface area contributed by atoms with Crippen LogP contribution in [0.1, 0.15) is 57.5 Å². The summed E-state index contributed by atoms with van der Waals surface area (Å²) in [6.45, 7) is 9.44. The zero-order chi connectivity index (χ0) is 21.6. The Kier molecular flexibility index (Phi) is 5.06.